The molecule has 2 rings (SSSR count). The van der Waals surface area contributed by atoms with Crippen LogP contribution in [-0.4, -0.2) is 20.0 Å². The van der Waals surface area contributed by atoms with E-state index in [0.717, 1.165) is 16.3 Å². The van der Waals surface area contributed by atoms with E-state index in [1.807, 2.05) is 60.8 Å². The van der Waals surface area contributed by atoms with Crippen LogP contribution in [0.2, 0.25) is 0 Å². The summed E-state index contributed by atoms with van der Waals surface area (Å²) in [4.78, 5) is 14.9. The number of nitrogens with zero attached hydrogens (tertiary/aromatic N) is 1. The Morgan fingerprint density at radius 3 is 2.50 bits per heavy atom. The number of carbonyl (C=O) groups is 1. The monoisotopic (exact) mass is 260 g/mol. The molecule has 1 N–H and O–H groups in total. The third-order valence-electron chi connectivity index (χ3n) is 2.58. The van der Waals surface area contributed by atoms with Crippen LogP contribution < -0.4 is 10.2 Å². The van der Waals surface area contributed by atoms with Gasteiger partial charge in [0.05, 0.1) is 6.42 Å². The molecule has 0 aliphatic rings. The first-order valence-electron chi connectivity index (χ1n) is 5.75. The fourth-order valence-corrected chi connectivity index (χ4v) is 2.32. The molecule has 0 bridgehead atoms. The van der Waals surface area contributed by atoms with Crippen LogP contribution >= 0.6 is 11.3 Å². The third kappa shape index (κ3) is 3.34. The van der Waals surface area contributed by atoms with E-state index in [1.165, 1.54) is 0 Å². The van der Waals surface area contributed by atoms with Crippen molar-refractivity contribution in [2.75, 3.05) is 24.3 Å². The molecule has 2 aromatic rings. The van der Waals surface area contributed by atoms with Gasteiger partial charge in [-0.15, -0.1) is 11.3 Å². The van der Waals surface area contributed by atoms with Gasteiger partial charge in [0.2, 0.25) is 5.91 Å². The number of amides is 1. The van der Waals surface area contributed by atoms with E-state index in [-0.39, 0.29) is 5.91 Å². The molecule has 0 spiro atoms. The Hall–Kier alpha value is -1.81. The van der Waals surface area contributed by atoms with Gasteiger partial charge >= 0.3 is 0 Å². The number of anilines is 2. The molecule has 3 nitrogen and oxygen atoms in total. The van der Waals surface area contributed by atoms with Crippen LogP contribution in [0.4, 0.5) is 11.4 Å². The van der Waals surface area contributed by atoms with Crippen molar-refractivity contribution in [3.05, 3.63) is 46.7 Å². The largest absolute Gasteiger partial charge is 0.378 e. The number of benzene rings is 1. The molecule has 0 atom stereocenters. The van der Waals surface area contributed by atoms with Crippen molar-refractivity contribution in [3.63, 3.8) is 0 Å². The van der Waals surface area contributed by atoms with Crippen molar-refractivity contribution in [2.24, 2.45) is 0 Å². The highest BCUT2D eigenvalue weighted by atomic mass is 32.1. The molecule has 1 aromatic heterocycles. The lowest BCUT2D eigenvalue weighted by Crippen LogP contribution is -2.14. The summed E-state index contributed by atoms with van der Waals surface area (Å²) >= 11 is 1.60. The summed E-state index contributed by atoms with van der Waals surface area (Å²) in [6, 6.07) is 11.7. The van der Waals surface area contributed by atoms with Crippen molar-refractivity contribution in [1.82, 2.24) is 0 Å². The SMILES string of the molecule is CN(C)c1ccc(NC(=O)Cc2cccs2)cc1. The molecule has 0 saturated heterocycles. The third-order valence-corrected chi connectivity index (χ3v) is 3.46. The molecule has 1 heterocycles. The first-order valence-corrected chi connectivity index (χ1v) is 6.63. The quantitative estimate of drug-likeness (QED) is 0.916. The zero-order valence-electron chi connectivity index (χ0n) is 10.5. The number of thiophene rings is 1. The molecule has 4 heteroatoms. The second-order valence-electron chi connectivity index (χ2n) is 4.25. The van der Waals surface area contributed by atoms with Crippen molar-refractivity contribution < 1.29 is 4.79 Å². The minimum absolute atomic E-state index is 0.0232. The molecular formula is C14H16N2OS. The summed E-state index contributed by atoms with van der Waals surface area (Å²) < 4.78 is 0. The Morgan fingerprint density at radius 2 is 1.94 bits per heavy atom. The zero-order valence-corrected chi connectivity index (χ0v) is 11.3. The fourth-order valence-electron chi connectivity index (χ4n) is 1.62. The van der Waals surface area contributed by atoms with Gasteiger partial charge in [0, 0.05) is 30.3 Å². The zero-order chi connectivity index (χ0) is 13.0. The fraction of sp³-hybridized carbons (Fsp3) is 0.214. The van der Waals surface area contributed by atoms with E-state index in [4.69, 9.17) is 0 Å². The molecule has 94 valence electrons. The molecule has 0 aliphatic heterocycles. The second kappa shape index (κ2) is 5.69. The average molecular weight is 260 g/mol. The summed E-state index contributed by atoms with van der Waals surface area (Å²) in [6.45, 7) is 0. The maximum Gasteiger partial charge on any atom is 0.229 e. The van der Waals surface area contributed by atoms with E-state index in [9.17, 15) is 4.79 Å². The van der Waals surface area contributed by atoms with Crippen LogP contribution in [0.3, 0.4) is 0 Å². The molecule has 18 heavy (non-hydrogen) atoms. The number of rotatable bonds is 4. The van der Waals surface area contributed by atoms with E-state index < -0.39 is 0 Å². The molecule has 0 radical (unpaired) electrons. The van der Waals surface area contributed by atoms with Gasteiger partial charge in [-0.3, -0.25) is 4.79 Å². The van der Waals surface area contributed by atoms with Gasteiger partial charge in [-0.1, -0.05) is 6.07 Å². The predicted octanol–water partition coefficient (Wildman–Crippen LogP) is 3.00. The summed E-state index contributed by atoms with van der Waals surface area (Å²) in [7, 11) is 3.98. The maximum atomic E-state index is 11.8. The maximum absolute atomic E-state index is 11.8. The standard InChI is InChI=1S/C14H16N2OS/c1-16(2)12-7-5-11(6-8-12)15-14(17)10-13-4-3-9-18-13/h3-9H,10H2,1-2H3,(H,15,17). The van der Waals surface area contributed by atoms with Crippen LogP contribution in [0.1, 0.15) is 4.88 Å². The van der Waals surface area contributed by atoms with E-state index >= 15 is 0 Å². The topological polar surface area (TPSA) is 32.3 Å². The van der Waals surface area contributed by atoms with Crippen molar-refractivity contribution in [3.8, 4) is 0 Å². The lowest BCUT2D eigenvalue weighted by molar-refractivity contribution is -0.115. The number of hydrogen-bond acceptors (Lipinski definition) is 3. The van der Waals surface area contributed by atoms with Crippen LogP contribution in [0, 0.1) is 0 Å². The number of nitrogens with one attached hydrogen (secondary N) is 1. The lowest BCUT2D eigenvalue weighted by atomic mass is 10.2. The number of hydrogen-bond donors (Lipinski definition) is 1. The van der Waals surface area contributed by atoms with Gasteiger partial charge in [-0.25, -0.2) is 0 Å². The summed E-state index contributed by atoms with van der Waals surface area (Å²) in [6.07, 6.45) is 0.438. The predicted molar refractivity (Wildman–Crippen MR) is 77.4 cm³/mol. The molecule has 0 fully saturated rings. The summed E-state index contributed by atoms with van der Waals surface area (Å²) in [5.74, 6) is 0.0232. The first-order chi connectivity index (χ1) is 8.65. The average Bonchev–Trinajstić information content (AvgIpc) is 2.82. The normalized spacial score (nSPS) is 10.1. The van der Waals surface area contributed by atoms with E-state index in [0.29, 0.717) is 6.42 Å². The van der Waals surface area contributed by atoms with Gasteiger partial charge in [0.25, 0.3) is 0 Å². The summed E-state index contributed by atoms with van der Waals surface area (Å²) in [5, 5.41) is 4.88. The van der Waals surface area contributed by atoms with Crippen LogP contribution in [0.15, 0.2) is 41.8 Å². The van der Waals surface area contributed by atoms with Crippen molar-refractivity contribution >= 4 is 28.6 Å². The Kier molecular flexibility index (Phi) is 3.99. The Balaban J connectivity index is 1.95. The highest BCUT2D eigenvalue weighted by Crippen LogP contribution is 2.16. The van der Waals surface area contributed by atoms with Gasteiger partial charge in [0.15, 0.2) is 0 Å². The molecule has 1 amide bonds. The van der Waals surface area contributed by atoms with E-state index in [1.54, 1.807) is 11.3 Å². The van der Waals surface area contributed by atoms with E-state index in [2.05, 4.69) is 5.32 Å². The minimum Gasteiger partial charge on any atom is -0.378 e. The van der Waals surface area contributed by atoms with Crippen molar-refractivity contribution in [2.45, 2.75) is 6.42 Å². The Morgan fingerprint density at radius 1 is 1.22 bits per heavy atom. The van der Waals surface area contributed by atoms with Gasteiger partial charge in [-0.2, -0.15) is 0 Å². The Bertz CT molecular complexity index is 503. The Labute approximate surface area is 111 Å². The highest BCUT2D eigenvalue weighted by molar-refractivity contribution is 7.10. The van der Waals surface area contributed by atoms with Gasteiger partial charge < -0.3 is 10.2 Å². The number of carbonyl (C=O) groups excluding carboxylic acids is 1. The first kappa shape index (κ1) is 12.6. The van der Waals surface area contributed by atoms with Gasteiger partial charge in [0.1, 0.15) is 0 Å². The van der Waals surface area contributed by atoms with Crippen LogP contribution in [-0.2, 0) is 11.2 Å². The van der Waals surface area contributed by atoms with Gasteiger partial charge in [-0.05, 0) is 35.7 Å². The minimum atomic E-state index is 0.0232. The molecule has 0 unspecified atom stereocenters. The summed E-state index contributed by atoms with van der Waals surface area (Å²) in [5.41, 5.74) is 1.95. The smallest absolute Gasteiger partial charge is 0.229 e. The highest BCUT2D eigenvalue weighted by Gasteiger charge is 2.05. The molecule has 1 aromatic carbocycles. The second-order valence-corrected chi connectivity index (χ2v) is 5.28. The lowest BCUT2D eigenvalue weighted by Gasteiger charge is -2.12. The van der Waals surface area contributed by atoms with Crippen LogP contribution in [0.5, 0.6) is 0 Å². The van der Waals surface area contributed by atoms with Crippen molar-refractivity contribution in [1.29, 1.82) is 0 Å². The molecule has 0 aliphatic carbocycles. The molecule has 0 saturated carbocycles. The molecular weight excluding hydrogens is 244 g/mol. The van der Waals surface area contributed by atoms with Crippen LogP contribution in [0.25, 0.3) is 0 Å².